The summed E-state index contributed by atoms with van der Waals surface area (Å²) < 4.78 is 44.1. The zero-order valence-corrected chi connectivity index (χ0v) is 15.9. The quantitative estimate of drug-likeness (QED) is 0.701. The Labute approximate surface area is 168 Å². The molecule has 0 fully saturated rings. The Hall–Kier alpha value is -3.68. The zero-order valence-electron chi connectivity index (χ0n) is 15.9. The van der Waals surface area contributed by atoms with Crippen molar-refractivity contribution in [2.75, 3.05) is 5.32 Å². The number of carbonyl (C=O) groups is 1. The Balaban J connectivity index is 1.65. The van der Waals surface area contributed by atoms with Crippen LogP contribution in [0.5, 0.6) is 5.75 Å². The number of pyridine rings is 1. The van der Waals surface area contributed by atoms with Gasteiger partial charge in [0, 0.05) is 29.3 Å². The number of carbonyl (C=O) groups excluding carboxylic acids is 1. The zero-order chi connectivity index (χ0) is 21.6. The standard InChI is InChI=1S/C19H15F3N6O2/c1-19(2)5-10(11-7-25-15-4-13(20)27-28(15)16(11)19)17(29)26-14-3-9(6-23)12(8-24-14)30-18(21)22/h3-4,7-8,10,18H,5H2,1-2H3,(H,24,26,29)/t10-/m1/s1. The van der Waals surface area contributed by atoms with E-state index in [0.717, 1.165) is 12.3 Å². The fourth-order valence-corrected chi connectivity index (χ4v) is 3.80. The molecule has 0 bridgehead atoms. The summed E-state index contributed by atoms with van der Waals surface area (Å²) in [6, 6.07) is 4.09. The molecule has 0 radical (unpaired) electrons. The van der Waals surface area contributed by atoms with Crippen molar-refractivity contribution in [1.82, 2.24) is 19.6 Å². The summed E-state index contributed by atoms with van der Waals surface area (Å²) in [6.45, 7) is 0.731. The molecule has 11 heteroatoms. The van der Waals surface area contributed by atoms with E-state index in [1.165, 1.54) is 16.8 Å². The van der Waals surface area contributed by atoms with Gasteiger partial charge in [0.1, 0.15) is 11.9 Å². The Kier molecular flexibility index (Phi) is 4.57. The second kappa shape index (κ2) is 6.98. The number of amides is 1. The van der Waals surface area contributed by atoms with E-state index in [2.05, 4.69) is 25.1 Å². The Morgan fingerprint density at radius 3 is 2.83 bits per heavy atom. The molecule has 0 spiro atoms. The third-order valence-electron chi connectivity index (χ3n) is 4.98. The number of anilines is 1. The van der Waals surface area contributed by atoms with E-state index >= 15 is 0 Å². The number of nitriles is 1. The van der Waals surface area contributed by atoms with Crippen LogP contribution in [0.15, 0.2) is 24.5 Å². The summed E-state index contributed by atoms with van der Waals surface area (Å²) >= 11 is 0. The number of aromatic nitrogens is 4. The highest BCUT2D eigenvalue weighted by Gasteiger charge is 2.43. The molecule has 8 nitrogen and oxygen atoms in total. The van der Waals surface area contributed by atoms with Gasteiger partial charge in [0.25, 0.3) is 0 Å². The van der Waals surface area contributed by atoms with Crippen molar-refractivity contribution in [3.8, 4) is 11.8 Å². The first-order valence-corrected chi connectivity index (χ1v) is 8.90. The Morgan fingerprint density at radius 2 is 2.13 bits per heavy atom. The summed E-state index contributed by atoms with van der Waals surface area (Å²) in [6.07, 6.45) is 2.89. The van der Waals surface area contributed by atoms with Gasteiger partial charge in [-0.1, -0.05) is 13.8 Å². The third kappa shape index (κ3) is 3.30. The maximum atomic E-state index is 13.6. The molecule has 3 aromatic rings. The summed E-state index contributed by atoms with van der Waals surface area (Å²) in [5, 5.41) is 15.6. The van der Waals surface area contributed by atoms with E-state index in [-0.39, 0.29) is 17.1 Å². The number of rotatable bonds is 4. The second-order valence-corrected chi connectivity index (χ2v) is 7.49. The van der Waals surface area contributed by atoms with Crippen molar-refractivity contribution < 1.29 is 22.7 Å². The van der Waals surface area contributed by atoms with Crippen molar-refractivity contribution in [2.24, 2.45) is 0 Å². The van der Waals surface area contributed by atoms with Crippen molar-refractivity contribution in [3.05, 3.63) is 47.3 Å². The minimum Gasteiger partial charge on any atom is -0.432 e. The first-order valence-electron chi connectivity index (χ1n) is 8.90. The van der Waals surface area contributed by atoms with E-state index in [4.69, 9.17) is 5.26 Å². The van der Waals surface area contributed by atoms with Crippen LogP contribution < -0.4 is 10.1 Å². The molecule has 0 aliphatic heterocycles. The number of alkyl halides is 2. The molecular formula is C19H15F3N6O2. The van der Waals surface area contributed by atoms with Crippen LogP contribution in [-0.2, 0) is 10.2 Å². The molecule has 0 aromatic carbocycles. The summed E-state index contributed by atoms with van der Waals surface area (Å²) in [5.74, 6) is -2.08. The maximum Gasteiger partial charge on any atom is 0.387 e. The highest BCUT2D eigenvalue weighted by molar-refractivity contribution is 5.96. The molecule has 3 aromatic heterocycles. The van der Waals surface area contributed by atoms with Gasteiger partial charge in [0.05, 0.1) is 23.4 Å². The van der Waals surface area contributed by atoms with Crippen LogP contribution in [0.3, 0.4) is 0 Å². The summed E-state index contributed by atoms with van der Waals surface area (Å²) in [5.41, 5.74) is 0.949. The molecule has 1 N–H and O–H groups in total. The van der Waals surface area contributed by atoms with E-state index in [0.29, 0.717) is 23.3 Å². The lowest BCUT2D eigenvalue weighted by Crippen LogP contribution is -2.22. The van der Waals surface area contributed by atoms with Gasteiger partial charge in [-0.05, 0) is 6.42 Å². The van der Waals surface area contributed by atoms with Crippen LogP contribution >= 0.6 is 0 Å². The average Bonchev–Trinajstić information content (AvgIpc) is 3.18. The van der Waals surface area contributed by atoms with Gasteiger partial charge >= 0.3 is 6.61 Å². The number of hydrogen-bond acceptors (Lipinski definition) is 6. The first kappa shape index (κ1) is 19.6. The van der Waals surface area contributed by atoms with Crippen molar-refractivity contribution in [2.45, 2.75) is 38.2 Å². The number of halogens is 3. The molecule has 154 valence electrons. The van der Waals surface area contributed by atoms with Gasteiger partial charge in [-0.2, -0.15) is 18.4 Å². The smallest absolute Gasteiger partial charge is 0.387 e. The number of fused-ring (bicyclic) bond motifs is 3. The van der Waals surface area contributed by atoms with Crippen LogP contribution in [0.1, 0.15) is 43.0 Å². The topological polar surface area (TPSA) is 105 Å². The molecule has 0 saturated heterocycles. The monoisotopic (exact) mass is 416 g/mol. The van der Waals surface area contributed by atoms with Gasteiger partial charge < -0.3 is 10.1 Å². The predicted molar refractivity (Wildman–Crippen MR) is 97.5 cm³/mol. The molecular weight excluding hydrogens is 401 g/mol. The molecule has 1 aliphatic carbocycles. The number of nitrogens with zero attached hydrogens (tertiary/aromatic N) is 5. The van der Waals surface area contributed by atoms with E-state index < -0.39 is 29.8 Å². The van der Waals surface area contributed by atoms with Gasteiger partial charge in [-0.15, -0.1) is 5.10 Å². The van der Waals surface area contributed by atoms with E-state index in [9.17, 15) is 18.0 Å². The first-order chi connectivity index (χ1) is 14.2. The minimum atomic E-state index is -3.10. The lowest BCUT2D eigenvalue weighted by molar-refractivity contribution is -0.117. The van der Waals surface area contributed by atoms with Crippen LogP contribution in [0, 0.1) is 17.3 Å². The second-order valence-electron chi connectivity index (χ2n) is 7.49. The number of ether oxygens (including phenoxy) is 1. The van der Waals surface area contributed by atoms with Crippen molar-refractivity contribution >= 4 is 17.4 Å². The molecule has 1 atom stereocenters. The van der Waals surface area contributed by atoms with E-state index in [1.54, 1.807) is 6.07 Å². The van der Waals surface area contributed by atoms with Gasteiger partial charge in [0.15, 0.2) is 11.4 Å². The lowest BCUT2D eigenvalue weighted by atomic mass is 9.88. The lowest BCUT2D eigenvalue weighted by Gasteiger charge is -2.19. The van der Waals surface area contributed by atoms with Crippen molar-refractivity contribution in [1.29, 1.82) is 5.26 Å². The normalized spacial score (nSPS) is 17.0. The largest absolute Gasteiger partial charge is 0.432 e. The Morgan fingerprint density at radius 1 is 1.37 bits per heavy atom. The van der Waals surface area contributed by atoms with Crippen LogP contribution in [0.2, 0.25) is 0 Å². The molecule has 30 heavy (non-hydrogen) atoms. The van der Waals surface area contributed by atoms with Crippen LogP contribution in [0.4, 0.5) is 19.0 Å². The maximum absolute atomic E-state index is 13.6. The molecule has 0 saturated carbocycles. The van der Waals surface area contributed by atoms with Crippen LogP contribution in [-0.4, -0.2) is 32.1 Å². The highest BCUT2D eigenvalue weighted by Crippen LogP contribution is 2.45. The average molecular weight is 416 g/mol. The summed E-state index contributed by atoms with van der Waals surface area (Å²) in [4.78, 5) is 21.0. The highest BCUT2D eigenvalue weighted by atomic mass is 19.3. The van der Waals surface area contributed by atoms with Crippen molar-refractivity contribution in [3.63, 3.8) is 0 Å². The number of hydrogen-bond donors (Lipinski definition) is 1. The van der Waals surface area contributed by atoms with Gasteiger partial charge in [-0.3, -0.25) is 4.79 Å². The fraction of sp³-hybridized carbons (Fsp3) is 0.316. The Bertz CT molecular complexity index is 1200. The fourth-order valence-electron chi connectivity index (χ4n) is 3.80. The summed E-state index contributed by atoms with van der Waals surface area (Å²) in [7, 11) is 0. The molecule has 0 unspecified atom stereocenters. The molecule has 3 heterocycles. The number of nitrogens with one attached hydrogen (secondary N) is 1. The third-order valence-corrected chi connectivity index (χ3v) is 4.98. The molecule has 4 rings (SSSR count). The minimum absolute atomic E-state index is 0.0172. The molecule has 1 amide bonds. The SMILES string of the molecule is CC1(C)C[C@@H](C(=O)Nc2cc(C#N)c(OC(F)F)cn2)c2cnc3cc(F)nn3c21. The van der Waals surface area contributed by atoms with Gasteiger partial charge in [0.2, 0.25) is 11.9 Å². The molecule has 1 aliphatic rings. The van der Waals surface area contributed by atoms with E-state index in [1.807, 2.05) is 13.8 Å². The predicted octanol–water partition coefficient (Wildman–Crippen LogP) is 3.14. The van der Waals surface area contributed by atoms with Crippen LogP contribution in [0.25, 0.3) is 5.65 Å². The van der Waals surface area contributed by atoms with Gasteiger partial charge in [-0.25, -0.2) is 14.5 Å².